The average Bonchev–Trinajstić information content (AvgIpc) is 3.51. The van der Waals surface area contributed by atoms with E-state index in [1.807, 2.05) is 23.9 Å². The lowest BCUT2D eigenvalue weighted by atomic mass is 9.45. The van der Waals surface area contributed by atoms with Crippen LogP contribution < -0.4 is 11.1 Å². The molecule has 2 unspecified atom stereocenters. The second kappa shape index (κ2) is 10.9. The second-order valence-corrected chi connectivity index (χ2v) is 13.9. The molecule has 6 rings (SSSR count). The van der Waals surface area contributed by atoms with Crippen molar-refractivity contribution in [2.45, 2.75) is 77.4 Å². The maximum atomic E-state index is 13.1. The number of fused-ring (bicyclic) bond motifs is 6. The van der Waals surface area contributed by atoms with Gasteiger partial charge >= 0.3 is 5.97 Å². The number of carbonyl (C=O) groups excluding carboxylic acids is 4. The summed E-state index contributed by atoms with van der Waals surface area (Å²) in [5.41, 5.74) is 7.22. The summed E-state index contributed by atoms with van der Waals surface area (Å²) in [4.78, 5) is 49.2. The average molecular weight is 621 g/mol. The third-order valence-electron chi connectivity index (χ3n) is 11.2. The van der Waals surface area contributed by atoms with Crippen LogP contribution in [-0.2, 0) is 25.5 Å². The van der Waals surface area contributed by atoms with Crippen LogP contribution in [0.2, 0.25) is 0 Å². The molecule has 2 aromatic rings. The minimum atomic E-state index is -1.33. The number of aromatic nitrogens is 2. The third-order valence-corrected chi connectivity index (χ3v) is 11.6. The summed E-state index contributed by atoms with van der Waals surface area (Å²) in [5, 5.41) is 18.7. The molecule has 0 spiro atoms. The Kier molecular flexibility index (Phi) is 7.56. The van der Waals surface area contributed by atoms with Gasteiger partial charge in [-0.15, -0.1) is 12.6 Å². The summed E-state index contributed by atoms with van der Waals surface area (Å²) in [6.45, 7) is 5.73. The standard InChI is InChI=1S/C33H40N4O6S/c1-4-27(40)43-33(30(42)44)11-10-23-22-9-8-20-13-24-19(14-31(20,2)28(22)25(38)15-32(23,33)3)16-36-37(24)21-7-5-6-18(12-21)29(41)35-17-26(34)39/h5-7,12-13,16,22-23,25,28,38H,4,8-11,14-15,17H2,1-3H3,(H2,34,39)(H,35,41)(H,42,44)/t22-,23?,25-,28?,31-,32-,33-/m0/s1. The Labute approximate surface area is 262 Å². The Morgan fingerprint density at radius 1 is 1.23 bits per heavy atom. The number of hydrogen-bond donors (Lipinski definition) is 4. The Bertz CT molecular complexity index is 1590. The molecule has 2 amide bonds. The number of aliphatic hydroxyl groups excluding tert-OH is 1. The van der Waals surface area contributed by atoms with Gasteiger partial charge < -0.3 is 20.9 Å². The lowest BCUT2D eigenvalue weighted by molar-refractivity contribution is -0.196. The molecule has 1 heterocycles. The van der Waals surface area contributed by atoms with Crippen molar-refractivity contribution in [1.82, 2.24) is 15.1 Å². The molecule has 44 heavy (non-hydrogen) atoms. The van der Waals surface area contributed by atoms with Crippen molar-refractivity contribution in [2.75, 3.05) is 6.54 Å². The number of rotatable bonds is 7. The molecule has 0 bridgehead atoms. The molecule has 4 aliphatic rings. The summed E-state index contributed by atoms with van der Waals surface area (Å²) in [5.74, 6) is -1.18. The Morgan fingerprint density at radius 3 is 2.70 bits per heavy atom. The van der Waals surface area contributed by atoms with E-state index < -0.39 is 40.0 Å². The summed E-state index contributed by atoms with van der Waals surface area (Å²) >= 11 is 4.24. The molecule has 1 aromatic carbocycles. The molecular weight excluding hydrogens is 580 g/mol. The number of thiol groups is 1. The van der Waals surface area contributed by atoms with Gasteiger partial charge in [0.25, 0.3) is 5.91 Å². The van der Waals surface area contributed by atoms with E-state index in [0.717, 1.165) is 36.2 Å². The Morgan fingerprint density at radius 2 is 2.00 bits per heavy atom. The van der Waals surface area contributed by atoms with Crippen LogP contribution in [0.3, 0.4) is 0 Å². The van der Waals surface area contributed by atoms with E-state index in [1.165, 1.54) is 5.57 Å². The molecule has 3 saturated carbocycles. The normalized spacial score (nSPS) is 33.6. The number of benzene rings is 1. The molecular formula is C33H40N4O6S. The molecule has 3 fully saturated rings. The summed E-state index contributed by atoms with van der Waals surface area (Å²) in [6, 6.07) is 7.07. The number of nitrogens with zero attached hydrogens (tertiary/aromatic N) is 2. The van der Waals surface area contributed by atoms with Gasteiger partial charge in [-0.25, -0.2) is 4.68 Å². The van der Waals surface area contributed by atoms with E-state index in [0.29, 0.717) is 24.8 Å². The van der Waals surface area contributed by atoms with Gasteiger partial charge in [0.05, 0.1) is 30.2 Å². The highest BCUT2D eigenvalue weighted by Gasteiger charge is 2.70. The van der Waals surface area contributed by atoms with E-state index in [4.69, 9.17) is 15.6 Å². The first-order chi connectivity index (χ1) is 20.8. The van der Waals surface area contributed by atoms with E-state index in [9.17, 15) is 24.3 Å². The molecule has 11 heteroatoms. The van der Waals surface area contributed by atoms with Crippen molar-refractivity contribution in [3.05, 3.63) is 52.9 Å². The van der Waals surface area contributed by atoms with E-state index in [2.05, 4.69) is 30.9 Å². The first kappa shape index (κ1) is 30.6. The minimum Gasteiger partial charge on any atom is -0.449 e. The maximum Gasteiger partial charge on any atom is 0.306 e. The van der Waals surface area contributed by atoms with Gasteiger partial charge in [-0.05, 0) is 91.5 Å². The van der Waals surface area contributed by atoms with Crippen LogP contribution in [0.4, 0.5) is 0 Å². The quantitative estimate of drug-likeness (QED) is 0.273. The third kappa shape index (κ3) is 4.53. The Balaban J connectivity index is 1.31. The van der Waals surface area contributed by atoms with Gasteiger partial charge in [-0.2, -0.15) is 5.10 Å². The fraction of sp³-hybridized carbons (Fsp3) is 0.545. The van der Waals surface area contributed by atoms with Gasteiger partial charge in [0, 0.05) is 17.4 Å². The number of carbonyl (C=O) groups is 4. The lowest BCUT2D eigenvalue weighted by Crippen LogP contribution is -2.62. The van der Waals surface area contributed by atoms with E-state index >= 15 is 0 Å². The van der Waals surface area contributed by atoms with Crippen molar-refractivity contribution in [3.63, 3.8) is 0 Å². The number of esters is 1. The molecule has 0 saturated heterocycles. The maximum absolute atomic E-state index is 13.1. The van der Waals surface area contributed by atoms with Gasteiger partial charge in [0.1, 0.15) is 0 Å². The largest absolute Gasteiger partial charge is 0.449 e. The van der Waals surface area contributed by atoms with E-state index in [-0.39, 0.29) is 36.1 Å². The number of allylic oxidation sites excluding steroid dienone is 1. The van der Waals surface area contributed by atoms with Crippen molar-refractivity contribution < 1.29 is 29.0 Å². The smallest absolute Gasteiger partial charge is 0.306 e. The van der Waals surface area contributed by atoms with Gasteiger partial charge in [-0.1, -0.05) is 32.4 Å². The second-order valence-electron chi connectivity index (χ2n) is 13.5. The molecule has 0 aliphatic heterocycles. The summed E-state index contributed by atoms with van der Waals surface area (Å²) in [6.07, 6.45) is 7.49. The molecule has 10 nitrogen and oxygen atoms in total. The van der Waals surface area contributed by atoms with E-state index in [1.54, 1.807) is 25.1 Å². The molecule has 1 aromatic heterocycles. The SMILES string of the molecule is CCC(=O)O[C@]1(C(=O)S)CCC2[C@@H]3CCC4=Cc5c(cnn5-c5cccc(C(=O)NCC(N)=O)c5)C[C@]4(C)C3[C@@H](O)C[C@@]21C. The first-order valence-electron chi connectivity index (χ1n) is 15.4. The Hall–Kier alpha value is -3.44. The highest BCUT2D eigenvalue weighted by molar-refractivity contribution is 7.96. The number of hydrogen-bond acceptors (Lipinski definition) is 7. The van der Waals surface area contributed by atoms with Crippen molar-refractivity contribution in [1.29, 1.82) is 0 Å². The predicted molar refractivity (Wildman–Crippen MR) is 166 cm³/mol. The number of amides is 2. The van der Waals surface area contributed by atoms with Crippen LogP contribution in [0, 0.1) is 28.6 Å². The number of ether oxygens (including phenoxy) is 1. The highest BCUT2D eigenvalue weighted by atomic mass is 32.1. The lowest BCUT2D eigenvalue weighted by Gasteiger charge is -2.60. The number of primary amides is 1. The monoisotopic (exact) mass is 620 g/mol. The van der Waals surface area contributed by atoms with Crippen LogP contribution in [0.1, 0.15) is 80.9 Å². The van der Waals surface area contributed by atoms with Crippen molar-refractivity contribution in [2.24, 2.45) is 34.3 Å². The van der Waals surface area contributed by atoms with Crippen molar-refractivity contribution in [3.8, 4) is 5.69 Å². The number of aliphatic hydroxyl groups is 1. The summed E-state index contributed by atoms with van der Waals surface area (Å²) < 4.78 is 7.77. The van der Waals surface area contributed by atoms with Crippen LogP contribution in [0.5, 0.6) is 0 Å². The fourth-order valence-corrected chi connectivity index (χ4v) is 9.67. The van der Waals surface area contributed by atoms with Crippen LogP contribution >= 0.6 is 12.6 Å². The zero-order chi connectivity index (χ0) is 31.6. The van der Waals surface area contributed by atoms with Gasteiger partial charge in [-0.3, -0.25) is 19.2 Å². The first-order valence-corrected chi connectivity index (χ1v) is 15.9. The zero-order valence-corrected chi connectivity index (χ0v) is 26.2. The van der Waals surface area contributed by atoms with Crippen LogP contribution in [0.15, 0.2) is 36.0 Å². The molecule has 4 aliphatic carbocycles. The van der Waals surface area contributed by atoms with Crippen LogP contribution in [0.25, 0.3) is 11.8 Å². The number of nitrogens with two attached hydrogens (primary N) is 1. The van der Waals surface area contributed by atoms with Crippen LogP contribution in [-0.4, -0.2) is 56.0 Å². The molecule has 234 valence electrons. The summed E-state index contributed by atoms with van der Waals surface area (Å²) in [7, 11) is 0. The van der Waals surface area contributed by atoms with Crippen molar-refractivity contribution >= 4 is 41.6 Å². The predicted octanol–water partition coefficient (Wildman–Crippen LogP) is 3.39. The zero-order valence-electron chi connectivity index (χ0n) is 25.3. The van der Waals surface area contributed by atoms with Gasteiger partial charge in [0.2, 0.25) is 11.0 Å². The topological polar surface area (TPSA) is 154 Å². The molecule has 0 radical (unpaired) electrons. The van der Waals surface area contributed by atoms with Gasteiger partial charge in [0.15, 0.2) is 5.60 Å². The highest BCUT2D eigenvalue weighted by Crippen LogP contribution is 2.68. The molecule has 7 atom stereocenters. The minimum absolute atomic E-state index is 0.0259. The number of nitrogens with one attached hydrogen (secondary N) is 1. The molecule has 4 N–H and O–H groups in total. The fourth-order valence-electron chi connectivity index (χ4n) is 9.26.